The van der Waals surface area contributed by atoms with E-state index < -0.39 is 42.9 Å². The number of ether oxygens (including phenoxy) is 4. The van der Waals surface area contributed by atoms with Crippen LogP contribution in [0.3, 0.4) is 0 Å². The van der Waals surface area contributed by atoms with Crippen molar-refractivity contribution in [2.24, 2.45) is 0 Å². The number of anilines is 3. The molecule has 0 bridgehead atoms. The van der Waals surface area contributed by atoms with Crippen LogP contribution in [-0.4, -0.2) is 73.4 Å². The zero-order chi connectivity index (χ0) is 43.1. The highest BCUT2D eigenvalue weighted by Gasteiger charge is 2.23. The molecular weight excluding hydrogens is 746 g/mol. The number of esters is 4. The molecule has 58 heavy (non-hydrogen) atoms. The second-order valence-corrected chi connectivity index (χ2v) is 12.8. The third-order valence-electron chi connectivity index (χ3n) is 8.52. The molecule has 302 valence electrons. The van der Waals surface area contributed by atoms with E-state index in [-0.39, 0.29) is 100 Å². The molecule has 3 aromatic carbocycles. The number of hydrogen-bond donors (Lipinski definition) is 0. The van der Waals surface area contributed by atoms with Gasteiger partial charge in [-0.05, 0) is 73.7 Å². The van der Waals surface area contributed by atoms with Crippen LogP contribution in [0.4, 0.5) is 17.1 Å². The Morgan fingerprint density at radius 2 is 0.724 bits per heavy atom. The minimum atomic E-state index is -0.911. The van der Waals surface area contributed by atoms with E-state index in [2.05, 4.69) is 26.3 Å². The lowest BCUT2D eigenvalue weighted by molar-refractivity contribution is -0.116. The fourth-order valence-corrected chi connectivity index (χ4v) is 4.95. The van der Waals surface area contributed by atoms with Gasteiger partial charge in [-0.1, -0.05) is 47.1 Å². The Kier molecular flexibility index (Phi) is 16.7. The van der Waals surface area contributed by atoms with Gasteiger partial charge in [0.25, 0.3) is 0 Å². The Morgan fingerprint density at radius 1 is 0.431 bits per heavy atom. The van der Waals surface area contributed by atoms with Crippen LogP contribution in [0.2, 0.25) is 0 Å². The maximum atomic E-state index is 13.5. The van der Waals surface area contributed by atoms with Gasteiger partial charge in [0.1, 0.15) is 26.4 Å². The molecule has 0 aliphatic heterocycles. The highest BCUT2D eigenvalue weighted by Crippen LogP contribution is 2.36. The molecule has 0 saturated heterocycles. The molecule has 13 heteroatoms. The van der Waals surface area contributed by atoms with Gasteiger partial charge in [-0.2, -0.15) is 0 Å². The van der Waals surface area contributed by atoms with E-state index in [0.29, 0.717) is 11.4 Å². The number of benzene rings is 3. The summed E-state index contributed by atoms with van der Waals surface area (Å²) in [5.41, 5.74) is 1.39. The summed E-state index contributed by atoms with van der Waals surface area (Å²) in [6.07, 6.45) is 0.564. The van der Waals surface area contributed by atoms with Gasteiger partial charge in [0.15, 0.2) is 23.1 Å². The molecule has 13 nitrogen and oxygen atoms in total. The zero-order valence-electron chi connectivity index (χ0n) is 33.0. The summed E-state index contributed by atoms with van der Waals surface area (Å²) in [6, 6.07) is 16.1. The summed E-state index contributed by atoms with van der Waals surface area (Å²) in [5.74, 6) is -4.44. The van der Waals surface area contributed by atoms with E-state index in [4.69, 9.17) is 18.9 Å². The molecule has 0 saturated carbocycles. The summed E-state index contributed by atoms with van der Waals surface area (Å²) >= 11 is 0. The molecule has 3 aromatic rings. The Hall–Kier alpha value is -7.02. The molecule has 0 aliphatic rings. The SMILES string of the molecule is C=C(COC(=O)c1cc(C(=O)OCC(=C)C(=O)CC)cc(N(c2ccc(C(=O)OCC(=C)C(=O)CC)cc2)c2ccc(C(=O)OCC(=C)C(=O)CC)cc2)c1)C(C)=O. The maximum absolute atomic E-state index is 13.5. The van der Waals surface area contributed by atoms with Crippen molar-refractivity contribution < 1.29 is 57.3 Å². The number of ketones is 4. The maximum Gasteiger partial charge on any atom is 0.338 e. The lowest BCUT2D eigenvalue weighted by Gasteiger charge is -2.26. The average molecular weight is 792 g/mol. The molecule has 0 amide bonds. The molecule has 0 aromatic heterocycles. The first kappa shape index (κ1) is 45.4. The first-order valence-electron chi connectivity index (χ1n) is 18.2. The number of rotatable bonds is 22. The summed E-state index contributed by atoms with van der Waals surface area (Å²) < 4.78 is 21.3. The molecule has 0 fully saturated rings. The van der Waals surface area contributed by atoms with Gasteiger partial charge >= 0.3 is 23.9 Å². The van der Waals surface area contributed by atoms with Crippen molar-refractivity contribution in [3.05, 3.63) is 138 Å². The van der Waals surface area contributed by atoms with Crippen LogP contribution in [0.5, 0.6) is 0 Å². The average Bonchev–Trinajstić information content (AvgIpc) is 3.24. The first-order chi connectivity index (χ1) is 27.5. The molecular formula is C45H45NO12. The third-order valence-corrected chi connectivity index (χ3v) is 8.52. The van der Waals surface area contributed by atoms with E-state index in [0.717, 1.165) is 0 Å². The minimum Gasteiger partial charge on any atom is -0.457 e. The topological polar surface area (TPSA) is 177 Å². The van der Waals surface area contributed by atoms with E-state index >= 15 is 0 Å². The van der Waals surface area contributed by atoms with Crippen molar-refractivity contribution in [3.63, 3.8) is 0 Å². The van der Waals surface area contributed by atoms with E-state index in [1.807, 2.05) is 0 Å². The van der Waals surface area contributed by atoms with E-state index in [1.165, 1.54) is 49.4 Å². The number of nitrogens with zero attached hydrogens (tertiary/aromatic N) is 1. The van der Waals surface area contributed by atoms with Gasteiger partial charge in [-0.25, -0.2) is 19.2 Å². The van der Waals surface area contributed by atoms with E-state index in [9.17, 15) is 38.4 Å². The summed E-state index contributed by atoms with van der Waals surface area (Å²) in [6.45, 7) is 19.4. The van der Waals surface area contributed by atoms with Crippen LogP contribution in [0.15, 0.2) is 115 Å². The fraction of sp³-hybridized carbons (Fsp3) is 0.244. The first-order valence-corrected chi connectivity index (χ1v) is 18.2. The van der Waals surface area contributed by atoms with Crippen LogP contribution >= 0.6 is 0 Å². The second-order valence-electron chi connectivity index (χ2n) is 12.8. The monoisotopic (exact) mass is 791 g/mol. The Labute approximate surface area is 336 Å². The molecule has 0 aliphatic carbocycles. The zero-order valence-corrected chi connectivity index (χ0v) is 33.0. The summed E-state index contributed by atoms with van der Waals surface area (Å²) in [5, 5.41) is 0. The van der Waals surface area contributed by atoms with Gasteiger partial charge in [-0.15, -0.1) is 0 Å². The molecule has 0 radical (unpaired) electrons. The van der Waals surface area contributed by atoms with Crippen LogP contribution in [0, 0.1) is 0 Å². The standard InChI is InChI=1S/C45H45NO12/c1-9-39(48)28(5)24-56-42(51)32-12-16-36(17-13-32)46(37-18-14-33(15-19-37)43(52)57-25-29(6)40(49)10-2)38-21-34(44(53)55-23-27(4)31(8)47)20-35(22-38)45(54)58-26-30(7)41(50)11-3/h12-22H,4-7,9-11,23-26H2,1-3,8H3. The van der Waals surface area contributed by atoms with Crippen molar-refractivity contribution in [2.75, 3.05) is 31.3 Å². The predicted molar refractivity (Wildman–Crippen MR) is 215 cm³/mol. The number of hydrogen-bond acceptors (Lipinski definition) is 13. The molecule has 0 heterocycles. The predicted octanol–water partition coefficient (Wildman–Crippen LogP) is 7.53. The summed E-state index contributed by atoms with van der Waals surface area (Å²) in [7, 11) is 0. The van der Waals surface area contributed by atoms with Crippen molar-refractivity contribution in [2.45, 2.75) is 47.0 Å². The van der Waals surface area contributed by atoms with Crippen LogP contribution in [-0.2, 0) is 38.1 Å². The van der Waals surface area contributed by atoms with Gasteiger partial charge < -0.3 is 23.8 Å². The third kappa shape index (κ3) is 12.5. The van der Waals surface area contributed by atoms with Crippen molar-refractivity contribution in [1.82, 2.24) is 0 Å². The Morgan fingerprint density at radius 3 is 1.02 bits per heavy atom. The number of Topliss-reactive ketones (excluding diaryl/α,β-unsaturated/α-hetero) is 4. The molecule has 3 rings (SSSR count). The highest BCUT2D eigenvalue weighted by atomic mass is 16.5. The smallest absolute Gasteiger partial charge is 0.338 e. The van der Waals surface area contributed by atoms with Crippen molar-refractivity contribution in [3.8, 4) is 0 Å². The molecule has 0 N–H and O–H groups in total. The van der Waals surface area contributed by atoms with Crippen LogP contribution in [0.25, 0.3) is 0 Å². The number of carbonyl (C=O) groups excluding carboxylic acids is 8. The quantitative estimate of drug-likeness (QED) is 0.0555. The highest BCUT2D eigenvalue weighted by molar-refractivity contribution is 6.01. The van der Waals surface area contributed by atoms with Crippen LogP contribution in [0.1, 0.15) is 88.4 Å². The number of carbonyl (C=O) groups is 8. The van der Waals surface area contributed by atoms with Gasteiger partial charge in [-0.3, -0.25) is 19.2 Å². The second kappa shape index (κ2) is 21.3. The van der Waals surface area contributed by atoms with Gasteiger partial charge in [0, 0.05) is 58.6 Å². The van der Waals surface area contributed by atoms with Crippen molar-refractivity contribution in [1.29, 1.82) is 0 Å². The van der Waals surface area contributed by atoms with Crippen LogP contribution < -0.4 is 4.90 Å². The van der Waals surface area contributed by atoms with Gasteiger partial charge in [0.2, 0.25) is 0 Å². The largest absolute Gasteiger partial charge is 0.457 e. The lowest BCUT2D eigenvalue weighted by atomic mass is 10.1. The summed E-state index contributed by atoms with van der Waals surface area (Å²) in [4.78, 5) is 102. The molecule has 0 spiro atoms. The minimum absolute atomic E-state index is 0.0321. The Bertz CT molecular complexity index is 2070. The van der Waals surface area contributed by atoms with Gasteiger partial charge in [0.05, 0.1) is 22.3 Å². The van der Waals surface area contributed by atoms with E-state index in [1.54, 1.807) is 49.9 Å². The van der Waals surface area contributed by atoms with Crippen molar-refractivity contribution >= 4 is 64.1 Å². The fourth-order valence-electron chi connectivity index (χ4n) is 4.95. The molecule has 0 atom stereocenters. The normalized spacial score (nSPS) is 10.3. The molecule has 0 unspecified atom stereocenters. The lowest BCUT2D eigenvalue weighted by Crippen LogP contribution is -2.17. The Balaban J connectivity index is 2.13.